The predicted octanol–water partition coefficient (Wildman–Crippen LogP) is 1.89. The van der Waals surface area contributed by atoms with Crippen molar-refractivity contribution in [3.63, 3.8) is 0 Å². The van der Waals surface area contributed by atoms with Crippen molar-refractivity contribution in [3.8, 4) is 0 Å². The summed E-state index contributed by atoms with van der Waals surface area (Å²) in [6.07, 6.45) is -4.35. The minimum absolute atomic E-state index is 0.326. The van der Waals surface area contributed by atoms with Gasteiger partial charge in [0.15, 0.2) is 5.69 Å². The number of hydrogen-bond donors (Lipinski definition) is 2. The maximum atomic E-state index is 12.8. The second-order valence-corrected chi connectivity index (χ2v) is 5.84. The smallest absolute Gasteiger partial charge is 0.291 e. The second kappa shape index (κ2) is 6.32. The first-order chi connectivity index (χ1) is 11.8. The molecule has 1 fully saturated rings. The van der Waals surface area contributed by atoms with E-state index in [1.54, 1.807) is 6.92 Å². The van der Waals surface area contributed by atoms with Gasteiger partial charge in [-0.2, -0.15) is 13.2 Å². The molecule has 6 nitrogen and oxygen atoms in total. The molecule has 0 bridgehead atoms. The molecular weight excluding hydrogens is 337 g/mol. The molecule has 0 saturated carbocycles. The molecule has 0 spiro atoms. The van der Waals surface area contributed by atoms with Crippen molar-refractivity contribution >= 4 is 11.9 Å². The zero-order chi connectivity index (χ0) is 18.2. The van der Waals surface area contributed by atoms with Crippen LogP contribution in [0.4, 0.5) is 19.1 Å². The van der Waals surface area contributed by atoms with Crippen LogP contribution in [0, 0.1) is 5.92 Å². The Morgan fingerprint density at radius 3 is 2.52 bits per heavy atom. The summed E-state index contributed by atoms with van der Waals surface area (Å²) in [5.41, 5.74) is 1.38. The van der Waals surface area contributed by atoms with Crippen LogP contribution >= 0.6 is 0 Å². The highest BCUT2D eigenvalue weighted by Gasteiger charge is 2.41. The first kappa shape index (κ1) is 17.2. The van der Waals surface area contributed by atoms with Gasteiger partial charge in [-0.3, -0.25) is 14.6 Å². The molecule has 1 aromatic heterocycles. The van der Waals surface area contributed by atoms with Crippen molar-refractivity contribution in [1.29, 1.82) is 0 Å². The van der Waals surface area contributed by atoms with E-state index in [9.17, 15) is 22.8 Å². The van der Waals surface area contributed by atoms with E-state index in [2.05, 4.69) is 15.4 Å². The number of nitrogens with zero attached hydrogens (tertiary/aromatic N) is 2. The number of H-pyrrole nitrogens is 1. The van der Waals surface area contributed by atoms with E-state index in [0.717, 1.165) is 10.6 Å². The van der Waals surface area contributed by atoms with Crippen molar-refractivity contribution in [2.75, 3.05) is 5.01 Å². The highest BCUT2D eigenvalue weighted by atomic mass is 19.4. The molecule has 0 aliphatic carbocycles. The van der Waals surface area contributed by atoms with Crippen LogP contribution in [0.1, 0.15) is 18.2 Å². The lowest BCUT2D eigenvalue weighted by Crippen LogP contribution is -2.39. The van der Waals surface area contributed by atoms with Gasteiger partial charge in [-0.05, 0) is 18.9 Å². The van der Waals surface area contributed by atoms with Crippen LogP contribution in [-0.2, 0) is 17.4 Å². The largest absolute Gasteiger partial charge is 0.433 e. The van der Waals surface area contributed by atoms with Crippen LogP contribution in [0.25, 0.3) is 0 Å². The number of amides is 1. The molecule has 2 atom stereocenters. The standard InChI is InChI=1S/C16H15F3N4O2/c1-9-11(7-10-5-3-2-4-6-10)14(25)23(22-9)15-20-12(16(17,18)19)8-13(24)21-15/h2-6,8-9,11,22H,7H2,1H3,(H,20,21,24). The van der Waals surface area contributed by atoms with E-state index >= 15 is 0 Å². The number of carbonyl (C=O) groups is 1. The maximum absolute atomic E-state index is 12.8. The second-order valence-electron chi connectivity index (χ2n) is 5.84. The van der Waals surface area contributed by atoms with Gasteiger partial charge in [0.25, 0.3) is 5.56 Å². The quantitative estimate of drug-likeness (QED) is 0.884. The summed E-state index contributed by atoms with van der Waals surface area (Å²) in [6, 6.07) is 9.31. The van der Waals surface area contributed by atoms with Gasteiger partial charge >= 0.3 is 6.18 Å². The molecule has 9 heteroatoms. The summed E-state index contributed by atoms with van der Waals surface area (Å²) in [4.78, 5) is 29.7. The van der Waals surface area contributed by atoms with E-state index in [1.165, 1.54) is 0 Å². The molecule has 1 aliphatic rings. The highest BCUT2D eigenvalue weighted by Crippen LogP contribution is 2.28. The van der Waals surface area contributed by atoms with E-state index < -0.39 is 35.2 Å². The maximum Gasteiger partial charge on any atom is 0.433 e. The Kier molecular flexibility index (Phi) is 4.34. The Balaban J connectivity index is 1.88. The Hall–Kier alpha value is -2.68. The average molecular weight is 352 g/mol. The fourth-order valence-electron chi connectivity index (χ4n) is 2.73. The number of aromatic amines is 1. The van der Waals surface area contributed by atoms with Gasteiger partial charge in [0.05, 0.1) is 5.92 Å². The van der Waals surface area contributed by atoms with E-state index in [-0.39, 0.29) is 6.04 Å². The van der Waals surface area contributed by atoms with Crippen molar-refractivity contribution in [2.24, 2.45) is 5.92 Å². The number of halogens is 3. The number of rotatable bonds is 3. The van der Waals surface area contributed by atoms with Crippen LogP contribution in [0.2, 0.25) is 0 Å². The Bertz CT molecular complexity index is 835. The molecule has 1 saturated heterocycles. The van der Waals surface area contributed by atoms with E-state index in [0.29, 0.717) is 12.5 Å². The average Bonchev–Trinajstić information content (AvgIpc) is 2.83. The number of hydrogen-bond acceptors (Lipinski definition) is 4. The molecule has 0 radical (unpaired) electrons. The molecule has 1 aliphatic heterocycles. The fourth-order valence-corrected chi connectivity index (χ4v) is 2.73. The normalized spacial score (nSPS) is 21.0. The summed E-state index contributed by atoms with van der Waals surface area (Å²) in [5.74, 6) is -1.40. The lowest BCUT2D eigenvalue weighted by atomic mass is 9.94. The Labute approximate surface area is 140 Å². The zero-order valence-corrected chi connectivity index (χ0v) is 13.2. The first-order valence-electron chi connectivity index (χ1n) is 7.58. The number of hydrazine groups is 1. The summed E-state index contributed by atoms with van der Waals surface area (Å²) in [5, 5.41) is 0.884. The van der Waals surface area contributed by atoms with Crippen LogP contribution < -0.4 is 16.0 Å². The van der Waals surface area contributed by atoms with Gasteiger partial charge in [0.1, 0.15) is 0 Å². The van der Waals surface area contributed by atoms with Gasteiger partial charge in [-0.1, -0.05) is 30.3 Å². The minimum Gasteiger partial charge on any atom is -0.291 e. The monoisotopic (exact) mass is 352 g/mol. The summed E-state index contributed by atoms with van der Waals surface area (Å²) >= 11 is 0. The Morgan fingerprint density at radius 2 is 1.88 bits per heavy atom. The number of alkyl halides is 3. The minimum atomic E-state index is -4.78. The lowest BCUT2D eigenvalue weighted by Gasteiger charge is -2.16. The molecule has 25 heavy (non-hydrogen) atoms. The van der Waals surface area contributed by atoms with Gasteiger partial charge < -0.3 is 0 Å². The van der Waals surface area contributed by atoms with Crippen molar-refractivity contribution in [3.05, 3.63) is 58.0 Å². The summed E-state index contributed by atoms with van der Waals surface area (Å²) < 4.78 is 38.5. The fraction of sp³-hybridized carbons (Fsp3) is 0.312. The third-order valence-electron chi connectivity index (χ3n) is 4.00. The summed E-state index contributed by atoms with van der Waals surface area (Å²) in [6.45, 7) is 1.75. The van der Waals surface area contributed by atoms with Crippen LogP contribution in [-0.4, -0.2) is 21.9 Å². The molecule has 2 heterocycles. The van der Waals surface area contributed by atoms with Gasteiger partial charge in [0.2, 0.25) is 11.9 Å². The zero-order valence-electron chi connectivity index (χ0n) is 13.2. The van der Waals surface area contributed by atoms with Crippen molar-refractivity contribution < 1.29 is 18.0 Å². The van der Waals surface area contributed by atoms with Crippen molar-refractivity contribution in [2.45, 2.75) is 25.6 Å². The number of aromatic nitrogens is 2. The van der Waals surface area contributed by atoms with E-state index in [4.69, 9.17) is 0 Å². The van der Waals surface area contributed by atoms with Crippen LogP contribution in [0.3, 0.4) is 0 Å². The molecule has 2 unspecified atom stereocenters. The van der Waals surface area contributed by atoms with Crippen molar-refractivity contribution in [1.82, 2.24) is 15.4 Å². The number of carbonyl (C=O) groups excluding carboxylic acids is 1. The van der Waals surface area contributed by atoms with Crippen LogP contribution in [0.15, 0.2) is 41.2 Å². The SMILES string of the molecule is CC1NN(c2nc(C(F)(F)F)cc(=O)[nH]2)C(=O)C1Cc1ccccc1. The third kappa shape index (κ3) is 3.55. The summed E-state index contributed by atoms with van der Waals surface area (Å²) in [7, 11) is 0. The molecule has 3 rings (SSSR count). The predicted molar refractivity (Wildman–Crippen MR) is 83.6 cm³/mol. The third-order valence-corrected chi connectivity index (χ3v) is 4.00. The van der Waals surface area contributed by atoms with Gasteiger partial charge in [-0.15, -0.1) is 0 Å². The van der Waals surface area contributed by atoms with Crippen LogP contribution in [0.5, 0.6) is 0 Å². The molecule has 1 amide bonds. The molecular formula is C16H15F3N4O2. The molecule has 2 aromatic rings. The Morgan fingerprint density at radius 1 is 1.20 bits per heavy atom. The number of nitrogens with one attached hydrogen (secondary N) is 2. The molecule has 132 valence electrons. The molecule has 1 aromatic carbocycles. The van der Waals surface area contributed by atoms with Gasteiger partial charge in [-0.25, -0.2) is 15.4 Å². The highest BCUT2D eigenvalue weighted by molar-refractivity contribution is 5.95. The number of anilines is 1. The number of benzene rings is 1. The molecule has 2 N–H and O–H groups in total. The van der Waals surface area contributed by atoms with Gasteiger partial charge in [0, 0.05) is 12.1 Å². The topological polar surface area (TPSA) is 78.1 Å². The lowest BCUT2D eigenvalue weighted by molar-refractivity contribution is -0.141. The first-order valence-corrected chi connectivity index (χ1v) is 7.58. The van der Waals surface area contributed by atoms with E-state index in [1.807, 2.05) is 30.3 Å².